The lowest BCUT2D eigenvalue weighted by Gasteiger charge is -2.09. The molecule has 16 heavy (non-hydrogen) atoms. The lowest BCUT2D eigenvalue weighted by atomic mass is 10.0. The van der Waals surface area contributed by atoms with Gasteiger partial charge in [0.15, 0.2) is 11.5 Å². The second kappa shape index (κ2) is 5.39. The van der Waals surface area contributed by atoms with Gasteiger partial charge in [0.2, 0.25) is 0 Å². The van der Waals surface area contributed by atoms with Crippen LogP contribution in [0.3, 0.4) is 0 Å². The Labute approximate surface area is 94.5 Å². The third kappa shape index (κ3) is 3.15. The Kier molecular flexibility index (Phi) is 4.17. The summed E-state index contributed by atoms with van der Waals surface area (Å²) in [5.74, 6) is -0.0961. The molecule has 0 aromatic heterocycles. The number of hydrogen-bond donors (Lipinski definition) is 2. The van der Waals surface area contributed by atoms with Crippen LogP contribution in [0.15, 0.2) is 12.1 Å². The van der Waals surface area contributed by atoms with E-state index < -0.39 is 6.16 Å². The van der Waals surface area contributed by atoms with Crippen LogP contribution in [0.2, 0.25) is 0 Å². The Morgan fingerprint density at radius 1 is 1.44 bits per heavy atom. The van der Waals surface area contributed by atoms with Crippen LogP contribution in [0.5, 0.6) is 11.5 Å². The van der Waals surface area contributed by atoms with Gasteiger partial charge in [0.1, 0.15) is 0 Å². The zero-order valence-electron chi connectivity index (χ0n) is 9.49. The summed E-state index contributed by atoms with van der Waals surface area (Å²) in [6, 6.07) is 3.42. The van der Waals surface area contributed by atoms with Crippen molar-refractivity contribution in [2.75, 3.05) is 0 Å². The van der Waals surface area contributed by atoms with Crippen LogP contribution in [0.1, 0.15) is 30.9 Å². The van der Waals surface area contributed by atoms with Crippen LogP contribution in [0.4, 0.5) is 4.79 Å². The van der Waals surface area contributed by atoms with E-state index in [-0.39, 0.29) is 11.5 Å². The van der Waals surface area contributed by atoms with Gasteiger partial charge in [-0.1, -0.05) is 19.4 Å². The van der Waals surface area contributed by atoms with Crippen LogP contribution in [-0.4, -0.2) is 16.4 Å². The highest BCUT2D eigenvalue weighted by Crippen LogP contribution is 2.31. The van der Waals surface area contributed by atoms with Gasteiger partial charge < -0.3 is 14.9 Å². The van der Waals surface area contributed by atoms with E-state index in [1.165, 1.54) is 0 Å². The first-order valence-corrected chi connectivity index (χ1v) is 5.27. The standard InChI is InChI=1S/C12H16O4/c1-3-4-5-9-6-8(2)11(13)10(7-9)16-12(14)15/h6-7,13H,3-5H2,1-2H3,(H,14,15). The maximum Gasteiger partial charge on any atom is 0.511 e. The van der Waals surface area contributed by atoms with Crippen molar-refractivity contribution in [3.05, 3.63) is 23.3 Å². The quantitative estimate of drug-likeness (QED) is 0.609. The summed E-state index contributed by atoms with van der Waals surface area (Å²) in [7, 11) is 0. The Morgan fingerprint density at radius 3 is 2.69 bits per heavy atom. The van der Waals surface area contributed by atoms with Gasteiger partial charge in [0.25, 0.3) is 0 Å². The Bertz CT molecular complexity index is 385. The van der Waals surface area contributed by atoms with Gasteiger partial charge >= 0.3 is 6.16 Å². The number of aromatic hydroxyl groups is 1. The predicted molar refractivity (Wildman–Crippen MR) is 60.1 cm³/mol. The third-order valence-electron chi connectivity index (χ3n) is 2.34. The third-order valence-corrected chi connectivity index (χ3v) is 2.34. The molecule has 0 spiro atoms. The number of rotatable bonds is 4. The van der Waals surface area contributed by atoms with Crippen LogP contribution in [0, 0.1) is 6.92 Å². The van der Waals surface area contributed by atoms with Crippen LogP contribution in [0.25, 0.3) is 0 Å². The molecule has 0 aliphatic carbocycles. The molecule has 4 heteroatoms. The molecule has 1 aromatic rings. The minimum Gasteiger partial charge on any atom is -0.504 e. The highest BCUT2D eigenvalue weighted by Gasteiger charge is 2.11. The van der Waals surface area contributed by atoms with E-state index >= 15 is 0 Å². The first kappa shape index (κ1) is 12.4. The molecule has 0 bridgehead atoms. The molecular formula is C12H16O4. The van der Waals surface area contributed by atoms with Crippen molar-refractivity contribution in [2.45, 2.75) is 33.1 Å². The van der Waals surface area contributed by atoms with Crippen molar-refractivity contribution in [3.63, 3.8) is 0 Å². The molecule has 0 radical (unpaired) electrons. The zero-order chi connectivity index (χ0) is 12.1. The molecule has 0 atom stereocenters. The molecule has 0 fully saturated rings. The van der Waals surface area contributed by atoms with Crippen molar-refractivity contribution in [2.24, 2.45) is 0 Å². The minimum atomic E-state index is -1.41. The van der Waals surface area contributed by atoms with Gasteiger partial charge in [-0.3, -0.25) is 0 Å². The van der Waals surface area contributed by atoms with Gasteiger partial charge in [-0.05, 0) is 37.0 Å². The second-order valence-corrected chi connectivity index (χ2v) is 3.73. The normalized spacial score (nSPS) is 10.1. The summed E-state index contributed by atoms with van der Waals surface area (Å²) in [5, 5.41) is 18.1. The Balaban J connectivity index is 2.97. The smallest absolute Gasteiger partial charge is 0.504 e. The van der Waals surface area contributed by atoms with Crippen LogP contribution in [-0.2, 0) is 6.42 Å². The fourth-order valence-electron chi connectivity index (χ4n) is 1.52. The average Bonchev–Trinajstić information content (AvgIpc) is 2.21. The molecule has 0 aliphatic rings. The zero-order valence-corrected chi connectivity index (χ0v) is 9.49. The SMILES string of the molecule is CCCCc1cc(C)c(O)c(OC(=O)O)c1. The van der Waals surface area contributed by atoms with E-state index in [1.54, 1.807) is 13.0 Å². The maximum atomic E-state index is 10.4. The lowest BCUT2D eigenvalue weighted by Crippen LogP contribution is -2.04. The molecule has 0 heterocycles. The molecule has 0 saturated carbocycles. The fourth-order valence-corrected chi connectivity index (χ4v) is 1.52. The molecular weight excluding hydrogens is 208 g/mol. The summed E-state index contributed by atoms with van der Waals surface area (Å²) >= 11 is 0. The summed E-state index contributed by atoms with van der Waals surface area (Å²) in [4.78, 5) is 10.4. The molecule has 0 aliphatic heterocycles. The number of phenols is 1. The van der Waals surface area contributed by atoms with E-state index in [1.807, 2.05) is 6.07 Å². The minimum absolute atomic E-state index is 0.0126. The lowest BCUT2D eigenvalue weighted by molar-refractivity contribution is 0.143. The first-order valence-electron chi connectivity index (χ1n) is 5.27. The highest BCUT2D eigenvalue weighted by atomic mass is 16.7. The van der Waals surface area contributed by atoms with Crippen molar-refractivity contribution in [1.82, 2.24) is 0 Å². The summed E-state index contributed by atoms with van der Waals surface area (Å²) in [5.41, 5.74) is 1.61. The van der Waals surface area contributed by atoms with Crippen molar-refractivity contribution >= 4 is 6.16 Å². The van der Waals surface area contributed by atoms with E-state index in [2.05, 4.69) is 11.7 Å². The van der Waals surface area contributed by atoms with Gasteiger partial charge in [0, 0.05) is 0 Å². The average molecular weight is 224 g/mol. The van der Waals surface area contributed by atoms with Gasteiger partial charge in [0.05, 0.1) is 0 Å². The highest BCUT2D eigenvalue weighted by molar-refractivity contribution is 5.64. The van der Waals surface area contributed by atoms with Crippen LogP contribution < -0.4 is 4.74 Å². The number of unbranched alkanes of at least 4 members (excludes halogenated alkanes) is 1. The number of ether oxygens (including phenoxy) is 1. The number of hydrogen-bond acceptors (Lipinski definition) is 3. The summed E-state index contributed by atoms with van der Waals surface area (Å²) in [6.07, 6.45) is 1.53. The monoisotopic (exact) mass is 224 g/mol. The molecule has 1 aromatic carbocycles. The van der Waals surface area contributed by atoms with Gasteiger partial charge in [-0.25, -0.2) is 4.79 Å². The topological polar surface area (TPSA) is 66.8 Å². The fraction of sp³-hybridized carbons (Fsp3) is 0.417. The number of aryl methyl sites for hydroxylation is 2. The van der Waals surface area contributed by atoms with E-state index in [0.717, 1.165) is 24.8 Å². The number of phenolic OH excluding ortho intramolecular Hbond substituents is 1. The predicted octanol–water partition coefficient (Wildman–Crippen LogP) is 3.10. The molecule has 0 amide bonds. The summed E-state index contributed by atoms with van der Waals surface area (Å²) in [6.45, 7) is 3.81. The van der Waals surface area contributed by atoms with Crippen molar-refractivity contribution < 1.29 is 19.7 Å². The molecule has 0 saturated heterocycles. The number of benzene rings is 1. The van der Waals surface area contributed by atoms with Crippen molar-refractivity contribution in [1.29, 1.82) is 0 Å². The second-order valence-electron chi connectivity index (χ2n) is 3.73. The van der Waals surface area contributed by atoms with Crippen molar-refractivity contribution in [3.8, 4) is 11.5 Å². The number of carbonyl (C=O) groups is 1. The first-order chi connectivity index (χ1) is 7.54. The maximum absolute atomic E-state index is 10.4. The molecule has 2 N–H and O–H groups in total. The molecule has 0 unspecified atom stereocenters. The van der Waals surface area contributed by atoms with Crippen LogP contribution >= 0.6 is 0 Å². The molecule has 4 nitrogen and oxygen atoms in total. The Hall–Kier alpha value is -1.71. The van der Waals surface area contributed by atoms with E-state index in [0.29, 0.717) is 5.56 Å². The number of carboxylic acid groups (broad SMARTS) is 1. The largest absolute Gasteiger partial charge is 0.511 e. The molecule has 1 rings (SSSR count). The summed E-state index contributed by atoms with van der Waals surface area (Å²) < 4.78 is 4.51. The molecule has 88 valence electrons. The van der Waals surface area contributed by atoms with E-state index in [4.69, 9.17) is 5.11 Å². The van der Waals surface area contributed by atoms with E-state index in [9.17, 15) is 9.90 Å². The Morgan fingerprint density at radius 2 is 2.12 bits per heavy atom. The van der Waals surface area contributed by atoms with Gasteiger partial charge in [-0.2, -0.15) is 0 Å². The van der Waals surface area contributed by atoms with Gasteiger partial charge in [-0.15, -0.1) is 0 Å².